The van der Waals surface area contributed by atoms with Crippen LogP contribution in [-0.2, 0) is 14.8 Å². The topological polar surface area (TPSA) is 88.2 Å². The SMILES string of the molecule is CC(C)NS(=O)(=O)c1ccc(/C=C/C(=O)Nc2cnc3ccccc3c2)cc1. The maximum absolute atomic E-state index is 12.1. The van der Waals surface area contributed by atoms with Crippen LogP contribution in [0.3, 0.4) is 0 Å². The molecule has 0 unspecified atom stereocenters. The van der Waals surface area contributed by atoms with Crippen LogP contribution >= 0.6 is 0 Å². The number of pyridine rings is 1. The predicted octanol–water partition coefficient (Wildman–Crippen LogP) is 3.57. The number of benzene rings is 2. The number of hydrogen-bond donors (Lipinski definition) is 2. The van der Waals surface area contributed by atoms with Crippen molar-refractivity contribution in [1.29, 1.82) is 0 Å². The Morgan fingerprint density at radius 2 is 1.79 bits per heavy atom. The summed E-state index contributed by atoms with van der Waals surface area (Å²) in [6.07, 6.45) is 4.62. The Bertz CT molecular complexity index is 1120. The summed E-state index contributed by atoms with van der Waals surface area (Å²) < 4.78 is 26.8. The molecule has 0 saturated heterocycles. The lowest BCUT2D eigenvalue weighted by Gasteiger charge is -2.09. The van der Waals surface area contributed by atoms with E-state index in [1.807, 2.05) is 30.3 Å². The Morgan fingerprint density at radius 3 is 2.50 bits per heavy atom. The van der Waals surface area contributed by atoms with Gasteiger partial charge in [-0.05, 0) is 49.8 Å². The van der Waals surface area contributed by atoms with Gasteiger partial charge in [-0.3, -0.25) is 9.78 Å². The molecule has 3 rings (SSSR count). The first-order chi connectivity index (χ1) is 13.3. The summed E-state index contributed by atoms with van der Waals surface area (Å²) in [5, 5.41) is 3.71. The zero-order chi connectivity index (χ0) is 20.1. The third-order valence-electron chi connectivity index (χ3n) is 3.87. The van der Waals surface area contributed by atoms with Crippen LogP contribution < -0.4 is 10.0 Å². The van der Waals surface area contributed by atoms with Gasteiger partial charge in [-0.25, -0.2) is 13.1 Å². The maximum atomic E-state index is 12.1. The van der Waals surface area contributed by atoms with E-state index < -0.39 is 10.0 Å². The molecule has 0 radical (unpaired) electrons. The molecule has 2 N–H and O–H groups in total. The first kappa shape index (κ1) is 19.7. The van der Waals surface area contributed by atoms with Crippen LogP contribution in [0.1, 0.15) is 19.4 Å². The summed E-state index contributed by atoms with van der Waals surface area (Å²) in [6.45, 7) is 3.52. The molecule has 28 heavy (non-hydrogen) atoms. The number of fused-ring (bicyclic) bond motifs is 1. The van der Waals surface area contributed by atoms with E-state index in [9.17, 15) is 13.2 Å². The monoisotopic (exact) mass is 395 g/mol. The zero-order valence-electron chi connectivity index (χ0n) is 15.6. The number of anilines is 1. The van der Waals surface area contributed by atoms with Crippen LogP contribution in [-0.4, -0.2) is 25.4 Å². The normalized spacial score (nSPS) is 12.0. The summed E-state index contributed by atoms with van der Waals surface area (Å²) in [5.74, 6) is -0.296. The molecule has 0 aliphatic carbocycles. The average molecular weight is 395 g/mol. The van der Waals surface area contributed by atoms with E-state index in [2.05, 4.69) is 15.0 Å². The number of nitrogens with one attached hydrogen (secondary N) is 2. The van der Waals surface area contributed by atoms with Gasteiger partial charge >= 0.3 is 0 Å². The third-order valence-corrected chi connectivity index (χ3v) is 5.54. The molecule has 0 spiro atoms. The molecular weight excluding hydrogens is 374 g/mol. The number of carbonyl (C=O) groups excluding carboxylic acids is 1. The summed E-state index contributed by atoms with van der Waals surface area (Å²) in [6, 6.07) is 15.6. The summed E-state index contributed by atoms with van der Waals surface area (Å²) in [4.78, 5) is 16.6. The molecule has 0 aliphatic rings. The van der Waals surface area contributed by atoms with Gasteiger partial charge in [0.1, 0.15) is 0 Å². The van der Waals surface area contributed by atoms with E-state index >= 15 is 0 Å². The van der Waals surface area contributed by atoms with E-state index in [-0.39, 0.29) is 16.8 Å². The second-order valence-corrected chi connectivity index (χ2v) is 8.30. The smallest absolute Gasteiger partial charge is 0.248 e. The van der Waals surface area contributed by atoms with Gasteiger partial charge in [0.15, 0.2) is 0 Å². The van der Waals surface area contributed by atoms with Gasteiger partial charge in [0, 0.05) is 17.5 Å². The Morgan fingerprint density at radius 1 is 1.07 bits per heavy atom. The number of nitrogens with zero attached hydrogens (tertiary/aromatic N) is 1. The van der Waals surface area contributed by atoms with Gasteiger partial charge in [0.05, 0.1) is 22.3 Å². The summed E-state index contributed by atoms with van der Waals surface area (Å²) in [5.41, 5.74) is 2.18. The van der Waals surface area contributed by atoms with Crippen molar-refractivity contribution in [3.05, 3.63) is 72.4 Å². The highest BCUT2D eigenvalue weighted by atomic mass is 32.2. The van der Waals surface area contributed by atoms with Crippen molar-refractivity contribution in [2.24, 2.45) is 0 Å². The molecule has 0 fully saturated rings. The minimum Gasteiger partial charge on any atom is -0.321 e. The fourth-order valence-corrected chi connectivity index (χ4v) is 3.88. The molecule has 1 amide bonds. The van der Waals surface area contributed by atoms with Crippen LogP contribution in [0.25, 0.3) is 17.0 Å². The second-order valence-electron chi connectivity index (χ2n) is 6.58. The molecular formula is C21H21N3O3S. The largest absolute Gasteiger partial charge is 0.321 e. The number of carbonyl (C=O) groups is 1. The lowest BCUT2D eigenvalue weighted by atomic mass is 10.2. The van der Waals surface area contributed by atoms with Crippen LogP contribution in [0, 0.1) is 0 Å². The van der Waals surface area contributed by atoms with Crippen LogP contribution in [0.5, 0.6) is 0 Å². The van der Waals surface area contributed by atoms with Gasteiger partial charge in [0.25, 0.3) is 0 Å². The number of para-hydroxylation sites is 1. The number of amides is 1. The molecule has 1 heterocycles. The molecule has 0 aliphatic heterocycles. The highest BCUT2D eigenvalue weighted by molar-refractivity contribution is 7.89. The highest BCUT2D eigenvalue weighted by Gasteiger charge is 2.14. The molecule has 1 aromatic heterocycles. The lowest BCUT2D eigenvalue weighted by molar-refractivity contribution is -0.111. The molecule has 0 bridgehead atoms. The van der Waals surface area contributed by atoms with E-state index in [0.29, 0.717) is 5.69 Å². The standard InChI is InChI=1S/C21H21N3O3S/c1-15(2)24-28(26,27)19-10-7-16(8-11-19)9-12-21(25)23-18-13-17-5-3-4-6-20(17)22-14-18/h3-15,24H,1-2H3,(H,23,25)/b12-9+. The summed E-state index contributed by atoms with van der Waals surface area (Å²) in [7, 11) is -3.53. The summed E-state index contributed by atoms with van der Waals surface area (Å²) >= 11 is 0. The average Bonchev–Trinajstić information content (AvgIpc) is 2.65. The number of hydrogen-bond acceptors (Lipinski definition) is 4. The van der Waals surface area contributed by atoms with Crippen molar-refractivity contribution in [3.8, 4) is 0 Å². The molecule has 144 valence electrons. The van der Waals surface area contributed by atoms with Gasteiger partial charge in [-0.15, -0.1) is 0 Å². The highest BCUT2D eigenvalue weighted by Crippen LogP contribution is 2.16. The Labute approximate surface area is 164 Å². The van der Waals surface area contributed by atoms with E-state index in [1.165, 1.54) is 18.2 Å². The van der Waals surface area contributed by atoms with Gasteiger partial charge in [-0.1, -0.05) is 30.3 Å². The number of rotatable bonds is 6. The first-order valence-electron chi connectivity index (χ1n) is 8.80. The Hall–Kier alpha value is -3.03. The van der Waals surface area contributed by atoms with Crippen molar-refractivity contribution in [1.82, 2.24) is 9.71 Å². The van der Waals surface area contributed by atoms with Gasteiger partial charge in [0.2, 0.25) is 15.9 Å². The number of aromatic nitrogens is 1. The predicted molar refractivity (Wildman–Crippen MR) is 111 cm³/mol. The Kier molecular flexibility index (Phi) is 5.87. The second kappa shape index (κ2) is 8.33. The van der Waals surface area contributed by atoms with Gasteiger partial charge < -0.3 is 5.32 Å². The molecule has 7 heteroatoms. The van der Waals surface area contributed by atoms with Crippen molar-refractivity contribution >= 4 is 38.6 Å². The van der Waals surface area contributed by atoms with Crippen LogP contribution in [0.4, 0.5) is 5.69 Å². The molecule has 0 saturated carbocycles. The quantitative estimate of drug-likeness (QED) is 0.625. The van der Waals surface area contributed by atoms with Gasteiger partial charge in [-0.2, -0.15) is 0 Å². The fraction of sp³-hybridized carbons (Fsp3) is 0.143. The van der Waals surface area contributed by atoms with Crippen molar-refractivity contribution in [3.63, 3.8) is 0 Å². The fourth-order valence-electron chi connectivity index (χ4n) is 2.63. The Balaban J connectivity index is 1.66. The van der Waals surface area contributed by atoms with E-state index in [4.69, 9.17) is 0 Å². The number of sulfonamides is 1. The molecule has 6 nitrogen and oxygen atoms in total. The molecule has 0 atom stereocenters. The first-order valence-corrected chi connectivity index (χ1v) is 10.3. The third kappa shape index (κ3) is 5.03. The minimum absolute atomic E-state index is 0.183. The lowest BCUT2D eigenvalue weighted by Crippen LogP contribution is -2.30. The molecule has 3 aromatic rings. The van der Waals surface area contributed by atoms with Crippen LogP contribution in [0.2, 0.25) is 0 Å². The van der Waals surface area contributed by atoms with Crippen molar-refractivity contribution < 1.29 is 13.2 Å². The van der Waals surface area contributed by atoms with Crippen molar-refractivity contribution in [2.45, 2.75) is 24.8 Å². The minimum atomic E-state index is -3.53. The van der Waals surface area contributed by atoms with Crippen molar-refractivity contribution in [2.75, 3.05) is 5.32 Å². The van der Waals surface area contributed by atoms with E-state index in [1.54, 1.807) is 38.3 Å². The van der Waals surface area contributed by atoms with Crippen LogP contribution in [0.15, 0.2) is 71.8 Å². The zero-order valence-corrected chi connectivity index (χ0v) is 16.4. The maximum Gasteiger partial charge on any atom is 0.248 e. The van der Waals surface area contributed by atoms with E-state index in [0.717, 1.165) is 16.5 Å². The molecule has 2 aromatic carbocycles.